The van der Waals surface area contributed by atoms with Crippen LogP contribution in [0.25, 0.3) is 11.2 Å². The van der Waals surface area contributed by atoms with Crippen LogP contribution >= 0.6 is 11.6 Å². The van der Waals surface area contributed by atoms with Gasteiger partial charge in [0.1, 0.15) is 0 Å². The number of H-pyrrole nitrogens is 1. The van der Waals surface area contributed by atoms with Crippen molar-refractivity contribution in [2.24, 2.45) is 0 Å². The summed E-state index contributed by atoms with van der Waals surface area (Å²) in [5.41, 5.74) is -0.942. The van der Waals surface area contributed by atoms with Gasteiger partial charge in [0.15, 0.2) is 17.0 Å². The normalized spacial score (nSPS) is 12.0. The fourth-order valence-electron chi connectivity index (χ4n) is 3.71. The van der Waals surface area contributed by atoms with Crippen LogP contribution in [0, 0.1) is 0 Å². The number of aromatic nitrogens is 8. The fourth-order valence-corrected chi connectivity index (χ4v) is 3.88. The predicted molar refractivity (Wildman–Crippen MR) is 121 cm³/mol. The quantitative estimate of drug-likeness (QED) is 0.346. The summed E-state index contributed by atoms with van der Waals surface area (Å²) in [4.78, 5) is 33.9. The summed E-state index contributed by atoms with van der Waals surface area (Å²) in [7, 11) is 0. The third-order valence-electron chi connectivity index (χ3n) is 5.42. The lowest BCUT2D eigenvalue weighted by Crippen LogP contribution is -2.40. The first kappa shape index (κ1) is 24.6. The Balaban J connectivity index is 1.46. The Morgan fingerprint density at radius 1 is 1.09 bits per heavy atom. The molecule has 0 amide bonds. The van der Waals surface area contributed by atoms with Crippen molar-refractivity contribution < 1.29 is 13.2 Å². The fraction of sp³-hybridized carbons (Fsp3) is 0.429. The zero-order valence-corrected chi connectivity index (χ0v) is 19.5. The van der Waals surface area contributed by atoms with Crippen LogP contribution in [0.3, 0.4) is 0 Å². The lowest BCUT2D eigenvalue weighted by molar-refractivity contribution is -0.137. The van der Waals surface area contributed by atoms with E-state index >= 15 is 0 Å². The number of aryl methyl sites for hydroxylation is 2. The second kappa shape index (κ2) is 10.0. The van der Waals surface area contributed by atoms with Gasteiger partial charge in [0.25, 0.3) is 5.56 Å². The summed E-state index contributed by atoms with van der Waals surface area (Å²) >= 11 is 5.93. The van der Waals surface area contributed by atoms with Gasteiger partial charge in [-0.2, -0.15) is 23.0 Å². The Morgan fingerprint density at radius 2 is 1.86 bits per heavy atom. The Bertz CT molecular complexity index is 1450. The van der Waals surface area contributed by atoms with Crippen LogP contribution in [-0.4, -0.2) is 39.3 Å². The Labute approximate surface area is 201 Å². The van der Waals surface area contributed by atoms with E-state index in [1.165, 1.54) is 15.4 Å². The summed E-state index contributed by atoms with van der Waals surface area (Å²) in [6.45, 7) is 2.73. The molecule has 4 rings (SSSR count). The largest absolute Gasteiger partial charge is 0.416 e. The summed E-state index contributed by atoms with van der Waals surface area (Å²) in [6, 6.07) is 4.94. The van der Waals surface area contributed by atoms with Crippen molar-refractivity contribution in [3.63, 3.8) is 0 Å². The minimum absolute atomic E-state index is 0.0274. The number of alkyl halides is 3. The third kappa shape index (κ3) is 5.45. The van der Waals surface area contributed by atoms with Gasteiger partial charge in [0.05, 0.1) is 12.1 Å². The Morgan fingerprint density at radius 3 is 2.60 bits per heavy atom. The van der Waals surface area contributed by atoms with Crippen molar-refractivity contribution in [2.75, 3.05) is 0 Å². The van der Waals surface area contributed by atoms with Crippen LogP contribution in [0.2, 0.25) is 5.28 Å². The van der Waals surface area contributed by atoms with Crippen molar-refractivity contribution >= 4 is 22.8 Å². The smallest absolute Gasteiger partial charge is 0.323 e. The van der Waals surface area contributed by atoms with Crippen LogP contribution in [0.1, 0.15) is 43.1 Å². The minimum atomic E-state index is -4.43. The molecule has 0 bridgehead atoms. The average molecular weight is 511 g/mol. The Hall–Kier alpha value is -3.48. The topological polar surface area (TPSA) is 116 Å². The summed E-state index contributed by atoms with van der Waals surface area (Å²) < 4.78 is 41.3. The highest BCUT2D eigenvalue weighted by molar-refractivity contribution is 6.28. The van der Waals surface area contributed by atoms with E-state index in [0.717, 1.165) is 29.5 Å². The monoisotopic (exact) mass is 510 g/mol. The highest BCUT2D eigenvalue weighted by Crippen LogP contribution is 2.29. The van der Waals surface area contributed by atoms with Gasteiger partial charge in [-0.15, -0.1) is 10.2 Å². The molecule has 0 spiro atoms. The van der Waals surface area contributed by atoms with Gasteiger partial charge in [-0.05, 0) is 41.3 Å². The summed E-state index contributed by atoms with van der Waals surface area (Å²) in [6.07, 6.45) is -2.42. The molecule has 186 valence electrons. The molecule has 0 atom stereocenters. The number of nitrogens with zero attached hydrogens (tertiary/aromatic N) is 7. The van der Waals surface area contributed by atoms with E-state index in [0.29, 0.717) is 18.5 Å². The maximum absolute atomic E-state index is 13.0. The molecule has 0 saturated carbocycles. The SMILES string of the molecule is CCCCn1c(=O)n(CCCn2nnc(Cc3cccc(C(F)(F)F)c3)n2)c(=O)c2[nH]c(Cl)nc21. The van der Waals surface area contributed by atoms with E-state index in [2.05, 4.69) is 25.4 Å². The number of fused-ring (bicyclic) bond motifs is 1. The molecular formula is C21H22ClF3N8O2. The van der Waals surface area contributed by atoms with Crippen molar-refractivity contribution in [1.82, 2.24) is 39.3 Å². The lowest BCUT2D eigenvalue weighted by atomic mass is 10.1. The van der Waals surface area contributed by atoms with Gasteiger partial charge < -0.3 is 4.98 Å². The highest BCUT2D eigenvalue weighted by atomic mass is 35.5. The number of nitrogens with one attached hydrogen (secondary N) is 1. The number of imidazole rings is 1. The maximum atomic E-state index is 13.0. The predicted octanol–water partition coefficient (Wildman–Crippen LogP) is 3.03. The number of benzene rings is 1. The second-order valence-electron chi connectivity index (χ2n) is 8.00. The first-order chi connectivity index (χ1) is 16.7. The number of rotatable bonds is 9. The number of tetrazole rings is 1. The van der Waals surface area contributed by atoms with E-state index in [1.54, 1.807) is 6.07 Å². The van der Waals surface area contributed by atoms with Crippen molar-refractivity contribution in [1.29, 1.82) is 0 Å². The number of unbranched alkanes of at least 4 members (excludes halogenated alkanes) is 1. The maximum Gasteiger partial charge on any atom is 0.416 e. The third-order valence-corrected chi connectivity index (χ3v) is 5.60. The molecule has 0 fully saturated rings. The van der Waals surface area contributed by atoms with Crippen LogP contribution < -0.4 is 11.2 Å². The Kier molecular flexibility index (Phi) is 7.05. The molecule has 0 aliphatic heterocycles. The van der Waals surface area contributed by atoms with Crippen LogP contribution in [0.4, 0.5) is 13.2 Å². The van der Waals surface area contributed by atoms with Gasteiger partial charge in [-0.25, -0.2) is 4.79 Å². The molecule has 3 heterocycles. The molecule has 0 aliphatic rings. The number of halogens is 4. The van der Waals surface area contributed by atoms with Crippen LogP contribution in [0.15, 0.2) is 33.9 Å². The second-order valence-corrected chi connectivity index (χ2v) is 8.36. The van der Waals surface area contributed by atoms with Gasteiger partial charge in [0.2, 0.25) is 5.28 Å². The first-order valence-corrected chi connectivity index (χ1v) is 11.4. The van der Waals surface area contributed by atoms with E-state index in [-0.39, 0.29) is 41.8 Å². The molecular weight excluding hydrogens is 489 g/mol. The minimum Gasteiger partial charge on any atom is -0.323 e. The van der Waals surface area contributed by atoms with E-state index in [4.69, 9.17) is 11.6 Å². The van der Waals surface area contributed by atoms with Crippen LogP contribution in [0.5, 0.6) is 0 Å². The zero-order chi connectivity index (χ0) is 25.2. The molecule has 1 aromatic carbocycles. The first-order valence-electron chi connectivity index (χ1n) is 11.0. The van der Waals surface area contributed by atoms with Crippen molar-refractivity contribution in [3.8, 4) is 0 Å². The van der Waals surface area contributed by atoms with E-state index in [9.17, 15) is 22.8 Å². The highest BCUT2D eigenvalue weighted by Gasteiger charge is 2.30. The van der Waals surface area contributed by atoms with E-state index < -0.39 is 23.0 Å². The summed E-state index contributed by atoms with van der Waals surface area (Å²) in [5.74, 6) is 0.261. The molecule has 35 heavy (non-hydrogen) atoms. The van der Waals surface area contributed by atoms with Gasteiger partial charge in [0, 0.05) is 19.5 Å². The standard InChI is InChI=1S/C21H22ClF3N8O2/c1-2-3-8-31-17-16(26-19(22)27-17)18(34)32(20(31)35)9-5-10-33-29-15(28-30-33)12-13-6-4-7-14(11-13)21(23,24)25/h4,6-7,11H,2-3,5,8-10,12H2,1H3,(H,26,27). The molecule has 0 aliphatic carbocycles. The molecule has 1 N–H and O–H groups in total. The summed E-state index contributed by atoms with van der Waals surface area (Å²) in [5, 5.41) is 12.0. The average Bonchev–Trinajstić information content (AvgIpc) is 3.42. The van der Waals surface area contributed by atoms with Gasteiger partial charge in [-0.3, -0.25) is 13.9 Å². The molecule has 4 aromatic rings. The zero-order valence-electron chi connectivity index (χ0n) is 18.7. The number of aromatic amines is 1. The molecule has 0 unspecified atom stereocenters. The molecule has 0 saturated heterocycles. The van der Waals surface area contributed by atoms with Crippen LogP contribution in [-0.2, 0) is 32.2 Å². The molecule has 0 radical (unpaired) electrons. The van der Waals surface area contributed by atoms with Crippen molar-refractivity contribution in [2.45, 2.75) is 58.4 Å². The number of hydrogen-bond acceptors (Lipinski definition) is 6. The number of hydrogen-bond donors (Lipinski definition) is 1. The molecule has 14 heteroatoms. The van der Waals surface area contributed by atoms with E-state index in [1.807, 2.05) is 6.92 Å². The van der Waals surface area contributed by atoms with Gasteiger partial charge in [-0.1, -0.05) is 31.5 Å². The van der Waals surface area contributed by atoms with Gasteiger partial charge >= 0.3 is 11.9 Å². The lowest BCUT2D eigenvalue weighted by Gasteiger charge is -2.10. The van der Waals surface area contributed by atoms with Crippen molar-refractivity contribution in [3.05, 3.63) is 67.3 Å². The molecule has 3 aromatic heterocycles. The molecule has 10 nitrogen and oxygen atoms in total.